The van der Waals surface area contributed by atoms with Crippen molar-refractivity contribution in [2.75, 3.05) is 19.6 Å². The lowest BCUT2D eigenvalue weighted by molar-refractivity contribution is 0.0951. The Kier molecular flexibility index (Phi) is 8.61. The summed E-state index contributed by atoms with van der Waals surface area (Å²) in [5, 5.41) is 11.4. The zero-order valence-corrected chi connectivity index (χ0v) is 20.1. The molecular formula is C25H32N4O3S. The molecule has 2 aromatic carbocycles. The van der Waals surface area contributed by atoms with Crippen molar-refractivity contribution in [3.63, 3.8) is 0 Å². The van der Waals surface area contributed by atoms with E-state index in [2.05, 4.69) is 40.9 Å². The van der Waals surface area contributed by atoms with Crippen LogP contribution in [0.2, 0.25) is 0 Å². The van der Waals surface area contributed by atoms with E-state index in [1.807, 2.05) is 18.2 Å². The van der Waals surface area contributed by atoms with Crippen molar-refractivity contribution in [3.8, 4) is 6.07 Å². The molecule has 1 aliphatic rings. The first-order chi connectivity index (χ1) is 15.8. The van der Waals surface area contributed by atoms with Gasteiger partial charge in [-0.3, -0.25) is 9.69 Å². The zero-order valence-electron chi connectivity index (χ0n) is 19.3. The normalized spacial score (nSPS) is 19.1. The van der Waals surface area contributed by atoms with Crippen LogP contribution < -0.4 is 10.0 Å². The Balaban J connectivity index is 1.50. The lowest BCUT2D eigenvalue weighted by Crippen LogP contribution is -2.38. The first-order valence-electron chi connectivity index (χ1n) is 11.3. The molecule has 0 spiro atoms. The molecule has 1 aliphatic heterocycles. The number of piperidine rings is 1. The lowest BCUT2D eigenvalue weighted by Gasteiger charge is -2.35. The molecule has 7 nitrogen and oxygen atoms in total. The SMILES string of the molecule is CC1CC(C)CN(Cc2ccc(CNC(=O)c3ccc(S(=O)(=O)NCCC#N)cc3)cc2)C1. The van der Waals surface area contributed by atoms with Gasteiger partial charge in [0, 0.05) is 44.7 Å². The molecule has 0 aromatic heterocycles. The average molecular weight is 469 g/mol. The summed E-state index contributed by atoms with van der Waals surface area (Å²) < 4.78 is 26.7. The number of sulfonamides is 1. The van der Waals surface area contributed by atoms with Gasteiger partial charge >= 0.3 is 0 Å². The van der Waals surface area contributed by atoms with Crippen LogP contribution in [-0.2, 0) is 23.1 Å². The van der Waals surface area contributed by atoms with Crippen molar-refractivity contribution in [3.05, 3.63) is 65.2 Å². The van der Waals surface area contributed by atoms with Gasteiger partial charge < -0.3 is 5.32 Å². The molecule has 2 N–H and O–H groups in total. The molecule has 1 fully saturated rings. The van der Waals surface area contributed by atoms with E-state index in [-0.39, 0.29) is 23.8 Å². The number of amides is 1. The smallest absolute Gasteiger partial charge is 0.251 e. The summed E-state index contributed by atoms with van der Waals surface area (Å²) in [4.78, 5) is 15.0. The van der Waals surface area contributed by atoms with E-state index in [9.17, 15) is 13.2 Å². The minimum Gasteiger partial charge on any atom is -0.348 e. The van der Waals surface area contributed by atoms with Crippen LogP contribution in [0.4, 0.5) is 0 Å². The molecule has 176 valence electrons. The molecule has 0 saturated carbocycles. The summed E-state index contributed by atoms with van der Waals surface area (Å²) in [6.45, 7) is 8.30. The fraction of sp³-hybridized carbons (Fsp3) is 0.440. The van der Waals surface area contributed by atoms with Gasteiger partial charge in [0.15, 0.2) is 0 Å². The molecule has 33 heavy (non-hydrogen) atoms. The number of rotatable bonds is 9. The summed E-state index contributed by atoms with van der Waals surface area (Å²) in [5.41, 5.74) is 2.66. The molecule has 8 heteroatoms. The van der Waals surface area contributed by atoms with Gasteiger partial charge in [-0.05, 0) is 53.6 Å². The van der Waals surface area contributed by atoms with Gasteiger partial charge in [-0.25, -0.2) is 13.1 Å². The molecule has 0 aliphatic carbocycles. The van der Waals surface area contributed by atoms with E-state index >= 15 is 0 Å². The number of likely N-dealkylation sites (tertiary alicyclic amines) is 1. The molecule has 1 saturated heterocycles. The van der Waals surface area contributed by atoms with Crippen molar-refractivity contribution in [2.24, 2.45) is 11.8 Å². The third-order valence-corrected chi connectivity index (χ3v) is 7.26. The van der Waals surface area contributed by atoms with E-state index in [1.54, 1.807) is 0 Å². The van der Waals surface area contributed by atoms with Gasteiger partial charge in [0.2, 0.25) is 10.0 Å². The van der Waals surface area contributed by atoms with Crippen molar-refractivity contribution in [1.82, 2.24) is 14.9 Å². The Hall–Kier alpha value is -2.73. The number of nitrogens with one attached hydrogen (secondary N) is 2. The molecule has 3 rings (SSSR count). The number of nitriles is 1. The van der Waals surface area contributed by atoms with Crippen LogP contribution in [0, 0.1) is 23.2 Å². The van der Waals surface area contributed by atoms with Crippen LogP contribution >= 0.6 is 0 Å². The molecule has 1 heterocycles. The third-order valence-electron chi connectivity index (χ3n) is 5.78. The van der Waals surface area contributed by atoms with Crippen LogP contribution in [-0.4, -0.2) is 38.9 Å². The maximum absolute atomic E-state index is 12.5. The molecule has 1 amide bonds. The summed E-state index contributed by atoms with van der Waals surface area (Å²) in [6.07, 6.45) is 1.39. The van der Waals surface area contributed by atoms with E-state index < -0.39 is 10.0 Å². The van der Waals surface area contributed by atoms with Crippen LogP contribution in [0.3, 0.4) is 0 Å². The van der Waals surface area contributed by atoms with Crippen LogP contribution in [0.5, 0.6) is 0 Å². The number of carbonyl (C=O) groups is 1. The summed E-state index contributed by atoms with van der Waals surface area (Å²) >= 11 is 0. The van der Waals surface area contributed by atoms with Crippen LogP contribution in [0.25, 0.3) is 0 Å². The Bertz CT molecular complexity index is 1070. The molecule has 0 radical (unpaired) electrons. The Morgan fingerprint density at radius 2 is 1.64 bits per heavy atom. The highest BCUT2D eigenvalue weighted by molar-refractivity contribution is 7.89. The predicted octanol–water partition coefficient (Wildman–Crippen LogP) is 3.29. The zero-order chi connectivity index (χ0) is 23.8. The molecule has 2 atom stereocenters. The van der Waals surface area contributed by atoms with Gasteiger partial charge in [0.1, 0.15) is 0 Å². The van der Waals surface area contributed by atoms with Crippen molar-refractivity contribution >= 4 is 15.9 Å². The topological polar surface area (TPSA) is 102 Å². The van der Waals surface area contributed by atoms with Gasteiger partial charge in [-0.15, -0.1) is 0 Å². The van der Waals surface area contributed by atoms with E-state index in [4.69, 9.17) is 5.26 Å². The third kappa shape index (κ3) is 7.39. The van der Waals surface area contributed by atoms with Crippen LogP contribution in [0.15, 0.2) is 53.4 Å². The maximum Gasteiger partial charge on any atom is 0.251 e. The number of benzene rings is 2. The quantitative estimate of drug-likeness (QED) is 0.550. The largest absolute Gasteiger partial charge is 0.348 e. The number of hydrogen-bond acceptors (Lipinski definition) is 5. The van der Waals surface area contributed by atoms with E-state index in [0.717, 1.165) is 37.0 Å². The van der Waals surface area contributed by atoms with Crippen molar-refractivity contribution in [2.45, 2.75) is 44.7 Å². The van der Waals surface area contributed by atoms with Gasteiger partial charge in [0.25, 0.3) is 5.91 Å². The Morgan fingerprint density at radius 1 is 1.03 bits per heavy atom. The molecular weight excluding hydrogens is 436 g/mol. The fourth-order valence-electron chi connectivity index (χ4n) is 4.34. The highest BCUT2D eigenvalue weighted by Gasteiger charge is 2.21. The van der Waals surface area contributed by atoms with Crippen LogP contribution in [0.1, 0.15) is 48.2 Å². The highest BCUT2D eigenvalue weighted by atomic mass is 32.2. The van der Waals surface area contributed by atoms with E-state index in [0.29, 0.717) is 12.1 Å². The summed E-state index contributed by atoms with van der Waals surface area (Å²) in [7, 11) is -3.69. The monoisotopic (exact) mass is 468 g/mol. The second kappa shape index (κ2) is 11.4. The average Bonchev–Trinajstić information content (AvgIpc) is 2.78. The Labute approximate surface area is 196 Å². The molecule has 2 aromatic rings. The predicted molar refractivity (Wildman–Crippen MR) is 128 cm³/mol. The fourth-order valence-corrected chi connectivity index (χ4v) is 5.37. The lowest BCUT2D eigenvalue weighted by atomic mass is 9.91. The van der Waals surface area contributed by atoms with Gasteiger partial charge in [-0.2, -0.15) is 5.26 Å². The number of nitrogens with zero attached hydrogens (tertiary/aromatic N) is 2. The van der Waals surface area contributed by atoms with Crippen molar-refractivity contribution in [1.29, 1.82) is 5.26 Å². The standard InChI is InChI=1S/C25H32N4O3S/c1-19-14-20(2)17-29(16-19)18-22-6-4-21(5-7-22)15-27-25(30)23-8-10-24(11-9-23)33(31,32)28-13-3-12-26/h4-11,19-20,28H,3,13-18H2,1-2H3,(H,27,30). The minimum absolute atomic E-state index is 0.0517. The van der Waals surface area contributed by atoms with Gasteiger partial charge in [-0.1, -0.05) is 38.1 Å². The van der Waals surface area contributed by atoms with Crippen molar-refractivity contribution < 1.29 is 13.2 Å². The highest BCUT2D eigenvalue weighted by Crippen LogP contribution is 2.22. The van der Waals surface area contributed by atoms with Gasteiger partial charge in [0.05, 0.1) is 11.0 Å². The van der Waals surface area contributed by atoms with E-state index in [1.165, 1.54) is 36.2 Å². The first kappa shape index (κ1) is 24.9. The second-order valence-corrected chi connectivity index (χ2v) is 10.7. The first-order valence-corrected chi connectivity index (χ1v) is 12.8. The summed E-state index contributed by atoms with van der Waals surface area (Å²) in [6, 6.07) is 15.9. The number of hydrogen-bond donors (Lipinski definition) is 2. The Morgan fingerprint density at radius 3 is 2.24 bits per heavy atom. The summed E-state index contributed by atoms with van der Waals surface area (Å²) in [5.74, 6) is 1.20. The minimum atomic E-state index is -3.69. The second-order valence-electron chi connectivity index (χ2n) is 8.97. The molecule has 2 unspecified atom stereocenters. The number of carbonyl (C=O) groups excluding carboxylic acids is 1. The molecule has 0 bridgehead atoms. The maximum atomic E-state index is 12.5.